The first kappa shape index (κ1) is 26.9. The van der Waals surface area contributed by atoms with Gasteiger partial charge in [-0.3, -0.25) is 0 Å². The standard InChI is InChI=1S/C21H13F9O3S2/c22-19(23,24)14-6-10-17(11-7-14)34(16-4-2-1-3-5-16,33-35(31,32)21(28,29)30)18-12-8-15(9-13-18)20(25,26)27/h1-13H. The molecule has 3 aromatic rings. The molecule has 35 heavy (non-hydrogen) atoms. The third-order valence-corrected chi connectivity index (χ3v) is 9.49. The van der Waals surface area contributed by atoms with Crippen LogP contribution in [0.5, 0.6) is 0 Å². The Morgan fingerprint density at radius 1 is 0.514 bits per heavy atom. The van der Waals surface area contributed by atoms with Gasteiger partial charge in [-0.05, 0) is 71.0 Å². The van der Waals surface area contributed by atoms with Gasteiger partial charge in [0.2, 0.25) is 0 Å². The predicted molar refractivity (Wildman–Crippen MR) is 108 cm³/mol. The van der Waals surface area contributed by atoms with E-state index in [-0.39, 0.29) is 4.90 Å². The Bertz CT molecular complexity index is 1210. The summed E-state index contributed by atoms with van der Waals surface area (Å²) < 4.78 is 148. The number of halogens is 9. The van der Waals surface area contributed by atoms with Crippen LogP contribution in [-0.4, -0.2) is 13.9 Å². The van der Waals surface area contributed by atoms with Crippen LogP contribution in [0.4, 0.5) is 39.5 Å². The van der Waals surface area contributed by atoms with Crippen molar-refractivity contribution in [1.29, 1.82) is 0 Å². The molecule has 0 amide bonds. The number of hydrogen-bond acceptors (Lipinski definition) is 3. The van der Waals surface area contributed by atoms with Crippen molar-refractivity contribution in [3.8, 4) is 0 Å². The van der Waals surface area contributed by atoms with Crippen molar-refractivity contribution in [3.63, 3.8) is 0 Å². The summed E-state index contributed by atoms with van der Waals surface area (Å²) in [6.07, 6.45) is -9.65. The molecule has 0 radical (unpaired) electrons. The average molecular weight is 548 g/mol. The summed E-state index contributed by atoms with van der Waals surface area (Å²) in [6.45, 7) is 0. The molecule has 0 spiro atoms. The van der Waals surface area contributed by atoms with Gasteiger partial charge in [0.05, 0.1) is 11.1 Å². The van der Waals surface area contributed by atoms with Crippen LogP contribution < -0.4 is 0 Å². The molecule has 0 saturated carbocycles. The summed E-state index contributed by atoms with van der Waals surface area (Å²) in [6, 6.07) is 11.3. The second-order valence-electron chi connectivity index (χ2n) is 6.88. The maximum atomic E-state index is 13.4. The molecule has 3 nitrogen and oxygen atoms in total. The minimum Gasteiger partial charge on any atom is -0.200 e. The van der Waals surface area contributed by atoms with Crippen LogP contribution in [0.25, 0.3) is 0 Å². The van der Waals surface area contributed by atoms with Crippen molar-refractivity contribution in [2.24, 2.45) is 0 Å². The van der Waals surface area contributed by atoms with E-state index in [9.17, 15) is 47.9 Å². The normalized spacial score (nSPS) is 14.1. The molecule has 0 unspecified atom stereocenters. The maximum Gasteiger partial charge on any atom is 0.524 e. The van der Waals surface area contributed by atoms with Crippen molar-refractivity contribution in [2.45, 2.75) is 32.5 Å². The van der Waals surface area contributed by atoms with Gasteiger partial charge in [0.1, 0.15) is 0 Å². The molecule has 190 valence electrons. The lowest BCUT2D eigenvalue weighted by molar-refractivity contribution is -0.138. The first-order chi connectivity index (χ1) is 16.0. The molecular weight excluding hydrogens is 535 g/mol. The highest BCUT2D eigenvalue weighted by atomic mass is 32.3. The average Bonchev–Trinajstić information content (AvgIpc) is 2.76. The smallest absolute Gasteiger partial charge is 0.200 e. The van der Waals surface area contributed by atoms with Crippen molar-refractivity contribution >= 4 is 20.4 Å². The fraction of sp³-hybridized carbons (Fsp3) is 0.143. The molecule has 0 aliphatic carbocycles. The van der Waals surface area contributed by atoms with Gasteiger partial charge >= 0.3 is 28.0 Å². The van der Waals surface area contributed by atoms with Crippen LogP contribution in [0.2, 0.25) is 0 Å². The van der Waals surface area contributed by atoms with Crippen LogP contribution in [0.1, 0.15) is 11.1 Å². The number of benzene rings is 3. The van der Waals surface area contributed by atoms with E-state index >= 15 is 0 Å². The Kier molecular flexibility index (Phi) is 6.96. The van der Waals surface area contributed by atoms with Crippen molar-refractivity contribution in [3.05, 3.63) is 90.0 Å². The first-order valence-electron chi connectivity index (χ1n) is 9.24. The van der Waals surface area contributed by atoms with Crippen LogP contribution >= 0.6 is 10.3 Å². The summed E-state index contributed by atoms with van der Waals surface area (Å²) in [7, 11) is -10.4. The predicted octanol–water partition coefficient (Wildman–Crippen LogP) is 7.79. The molecular formula is C21H13F9O3S2. The first-order valence-corrected chi connectivity index (χ1v) is 12.2. The summed E-state index contributed by atoms with van der Waals surface area (Å²) in [4.78, 5) is -1.07. The van der Waals surface area contributed by atoms with Crippen LogP contribution in [-0.2, 0) is 26.1 Å². The lowest BCUT2D eigenvalue weighted by Crippen LogP contribution is -2.27. The molecule has 14 heteroatoms. The van der Waals surface area contributed by atoms with E-state index in [1.807, 2.05) is 0 Å². The highest BCUT2D eigenvalue weighted by Crippen LogP contribution is 2.70. The summed E-state index contributed by atoms with van der Waals surface area (Å²) in [5.74, 6) is 0. The quantitative estimate of drug-likeness (QED) is 0.242. The Morgan fingerprint density at radius 2 is 0.857 bits per heavy atom. The third kappa shape index (κ3) is 5.43. The Morgan fingerprint density at radius 3 is 1.17 bits per heavy atom. The van der Waals surface area contributed by atoms with E-state index < -0.39 is 59.2 Å². The topological polar surface area (TPSA) is 43.4 Å². The van der Waals surface area contributed by atoms with Gasteiger partial charge in [-0.1, -0.05) is 18.2 Å². The van der Waals surface area contributed by atoms with Gasteiger partial charge in [-0.15, -0.1) is 0 Å². The highest BCUT2D eigenvalue weighted by molar-refractivity contribution is 8.33. The maximum absolute atomic E-state index is 13.4. The Balaban J connectivity index is 2.38. The van der Waals surface area contributed by atoms with Crippen LogP contribution in [0.3, 0.4) is 0 Å². The van der Waals surface area contributed by atoms with Crippen molar-refractivity contribution in [2.75, 3.05) is 0 Å². The van der Waals surface area contributed by atoms with E-state index in [1.54, 1.807) is 0 Å². The van der Waals surface area contributed by atoms with E-state index in [1.165, 1.54) is 18.2 Å². The summed E-state index contributed by atoms with van der Waals surface area (Å²) >= 11 is 0. The second kappa shape index (κ2) is 9.06. The molecule has 0 aliphatic rings. The summed E-state index contributed by atoms with van der Waals surface area (Å²) in [5, 5.41) is 0. The number of alkyl halides is 9. The molecule has 0 heterocycles. The molecule has 3 aromatic carbocycles. The molecule has 0 bridgehead atoms. The molecule has 0 aliphatic heterocycles. The fourth-order valence-corrected chi connectivity index (χ4v) is 7.70. The Labute approximate surface area is 194 Å². The van der Waals surface area contributed by atoms with Crippen LogP contribution in [0, 0.1) is 0 Å². The number of hydrogen-bond donors (Lipinski definition) is 0. The molecule has 0 fully saturated rings. The largest absolute Gasteiger partial charge is 0.524 e. The van der Waals surface area contributed by atoms with Gasteiger partial charge in [0.15, 0.2) is 0 Å². The monoisotopic (exact) mass is 548 g/mol. The fourth-order valence-electron chi connectivity index (χ4n) is 2.98. The Hall–Kier alpha value is -2.71. The van der Waals surface area contributed by atoms with Gasteiger partial charge in [-0.25, -0.2) is 0 Å². The second-order valence-corrected chi connectivity index (χ2v) is 11.3. The van der Waals surface area contributed by atoms with Crippen molar-refractivity contribution < 1.29 is 51.6 Å². The van der Waals surface area contributed by atoms with Crippen LogP contribution in [0.15, 0.2) is 93.5 Å². The van der Waals surface area contributed by atoms with Gasteiger partial charge in [0.25, 0.3) is 0 Å². The van der Waals surface area contributed by atoms with E-state index in [0.29, 0.717) is 24.3 Å². The van der Waals surface area contributed by atoms with Gasteiger partial charge in [-0.2, -0.15) is 51.6 Å². The molecule has 0 atom stereocenters. The van der Waals surface area contributed by atoms with E-state index in [0.717, 1.165) is 36.4 Å². The van der Waals surface area contributed by atoms with E-state index in [2.05, 4.69) is 0 Å². The minimum absolute atomic E-state index is 0.215. The van der Waals surface area contributed by atoms with Gasteiger partial charge in [0, 0.05) is 14.7 Å². The lowest BCUT2D eigenvalue weighted by Gasteiger charge is -2.39. The number of rotatable bonds is 5. The highest BCUT2D eigenvalue weighted by Gasteiger charge is 2.52. The summed E-state index contributed by atoms with van der Waals surface area (Å²) in [5.41, 5.74) is -8.31. The zero-order valence-electron chi connectivity index (χ0n) is 16.9. The zero-order valence-corrected chi connectivity index (χ0v) is 18.6. The molecule has 0 aromatic heterocycles. The molecule has 0 N–H and O–H groups in total. The van der Waals surface area contributed by atoms with Crippen molar-refractivity contribution in [1.82, 2.24) is 0 Å². The minimum atomic E-state index is -6.38. The molecule has 3 rings (SSSR count). The molecule has 0 saturated heterocycles. The third-order valence-electron chi connectivity index (χ3n) is 4.58. The SMILES string of the molecule is O=S(=O)(OS(c1ccccc1)(c1ccc(C(F)(F)F)cc1)c1ccc(C(F)(F)F)cc1)C(F)(F)F. The zero-order chi connectivity index (χ0) is 26.3. The van der Waals surface area contributed by atoms with Gasteiger partial charge < -0.3 is 0 Å². The lowest BCUT2D eigenvalue weighted by atomic mass is 10.2. The van der Waals surface area contributed by atoms with E-state index in [4.69, 9.17) is 3.63 Å².